The predicted octanol–water partition coefficient (Wildman–Crippen LogP) is 6.74. The van der Waals surface area contributed by atoms with Crippen LogP contribution in [0.5, 0.6) is 0 Å². The minimum absolute atomic E-state index is 0.0732. The lowest BCUT2D eigenvalue weighted by molar-refractivity contribution is -0.0735. The third-order valence-electron chi connectivity index (χ3n) is 5.08. The summed E-state index contributed by atoms with van der Waals surface area (Å²) < 4.78 is 29.0. The van der Waals surface area contributed by atoms with Crippen molar-refractivity contribution in [3.63, 3.8) is 0 Å². The van der Waals surface area contributed by atoms with Gasteiger partial charge >= 0.3 is 0 Å². The van der Waals surface area contributed by atoms with Crippen LogP contribution in [0.4, 0.5) is 8.78 Å². The molecule has 0 bridgehead atoms. The van der Waals surface area contributed by atoms with Crippen molar-refractivity contribution in [3.8, 4) is 0 Å². The molecular formula is C20H30F2. The van der Waals surface area contributed by atoms with E-state index in [0.717, 1.165) is 31.2 Å². The van der Waals surface area contributed by atoms with Gasteiger partial charge in [-0.25, -0.2) is 8.78 Å². The molecule has 124 valence electrons. The summed E-state index contributed by atoms with van der Waals surface area (Å²) in [6, 6.07) is 8.00. The van der Waals surface area contributed by atoms with Crippen molar-refractivity contribution in [1.29, 1.82) is 0 Å². The Morgan fingerprint density at radius 2 is 1.73 bits per heavy atom. The van der Waals surface area contributed by atoms with Crippen molar-refractivity contribution in [2.75, 3.05) is 0 Å². The Morgan fingerprint density at radius 1 is 1.00 bits per heavy atom. The lowest BCUT2D eigenvalue weighted by atomic mass is 9.74. The van der Waals surface area contributed by atoms with E-state index in [0.29, 0.717) is 6.42 Å². The standard InChI is InChI=1S/C20H30F2/c1-3-5-6-8-16-9-12-18(13-10-16)19-14-11-17(7-4-2)15-20(19,21)22/h9-10,12-13,17,19H,3-8,11,14-15H2,1-2H3/t17-,19+/m0/s1. The summed E-state index contributed by atoms with van der Waals surface area (Å²) in [4.78, 5) is 0. The lowest BCUT2D eigenvalue weighted by Gasteiger charge is -2.36. The molecule has 0 N–H and O–H groups in total. The summed E-state index contributed by atoms with van der Waals surface area (Å²) in [6.45, 7) is 4.28. The molecule has 0 amide bonds. The normalized spacial score (nSPS) is 24.4. The minimum Gasteiger partial charge on any atom is -0.206 e. The van der Waals surface area contributed by atoms with Crippen molar-refractivity contribution < 1.29 is 8.78 Å². The van der Waals surface area contributed by atoms with Crippen LogP contribution in [0.3, 0.4) is 0 Å². The van der Waals surface area contributed by atoms with Crippen LogP contribution in [0.2, 0.25) is 0 Å². The topological polar surface area (TPSA) is 0 Å². The van der Waals surface area contributed by atoms with Crippen LogP contribution in [0.15, 0.2) is 24.3 Å². The van der Waals surface area contributed by atoms with Gasteiger partial charge < -0.3 is 0 Å². The number of rotatable bonds is 7. The van der Waals surface area contributed by atoms with Crippen LogP contribution < -0.4 is 0 Å². The number of benzene rings is 1. The largest absolute Gasteiger partial charge is 0.255 e. The number of unbranched alkanes of at least 4 members (excludes halogenated alkanes) is 2. The lowest BCUT2D eigenvalue weighted by Crippen LogP contribution is -2.34. The smallest absolute Gasteiger partial charge is 0.206 e. The first-order valence-electron chi connectivity index (χ1n) is 9.03. The second-order valence-electron chi connectivity index (χ2n) is 6.95. The van der Waals surface area contributed by atoms with E-state index in [2.05, 4.69) is 26.0 Å². The number of alkyl halides is 2. The van der Waals surface area contributed by atoms with Gasteiger partial charge in [-0.1, -0.05) is 63.8 Å². The average Bonchev–Trinajstić information content (AvgIpc) is 2.48. The summed E-state index contributed by atoms with van der Waals surface area (Å²) in [5.41, 5.74) is 2.11. The molecule has 2 heteroatoms. The van der Waals surface area contributed by atoms with Gasteiger partial charge in [-0.15, -0.1) is 0 Å². The molecule has 1 aliphatic rings. The molecule has 1 aromatic carbocycles. The number of hydrogen-bond donors (Lipinski definition) is 0. The van der Waals surface area contributed by atoms with Crippen molar-refractivity contribution in [2.24, 2.45) is 5.92 Å². The van der Waals surface area contributed by atoms with Gasteiger partial charge in [0.15, 0.2) is 0 Å². The van der Waals surface area contributed by atoms with Crippen molar-refractivity contribution in [1.82, 2.24) is 0 Å². The van der Waals surface area contributed by atoms with E-state index in [1.54, 1.807) is 0 Å². The molecule has 0 nitrogen and oxygen atoms in total. The van der Waals surface area contributed by atoms with E-state index in [9.17, 15) is 8.78 Å². The van der Waals surface area contributed by atoms with Gasteiger partial charge in [-0.05, 0) is 42.7 Å². The molecule has 0 aliphatic heterocycles. The molecule has 1 aromatic rings. The van der Waals surface area contributed by atoms with Crippen molar-refractivity contribution in [3.05, 3.63) is 35.4 Å². The highest BCUT2D eigenvalue weighted by Crippen LogP contribution is 2.47. The number of hydrogen-bond acceptors (Lipinski definition) is 0. The van der Waals surface area contributed by atoms with Gasteiger partial charge in [0.05, 0.1) is 0 Å². The molecule has 2 atom stereocenters. The Labute approximate surface area is 134 Å². The summed E-state index contributed by atoms with van der Waals surface area (Å²) in [7, 11) is 0. The van der Waals surface area contributed by atoms with Crippen LogP contribution in [-0.2, 0) is 6.42 Å². The summed E-state index contributed by atoms with van der Waals surface area (Å²) in [5.74, 6) is -2.91. The summed E-state index contributed by atoms with van der Waals surface area (Å²) in [5, 5.41) is 0. The Morgan fingerprint density at radius 3 is 2.32 bits per heavy atom. The number of aryl methyl sites for hydroxylation is 1. The maximum Gasteiger partial charge on any atom is 0.255 e. The molecule has 1 fully saturated rings. The summed E-state index contributed by atoms with van der Waals surface area (Å²) in [6.07, 6.45) is 8.31. The third-order valence-corrected chi connectivity index (χ3v) is 5.08. The zero-order valence-corrected chi connectivity index (χ0v) is 14.1. The highest BCUT2D eigenvalue weighted by molar-refractivity contribution is 5.27. The Bertz CT molecular complexity index is 436. The highest BCUT2D eigenvalue weighted by Gasteiger charge is 2.45. The zero-order valence-electron chi connectivity index (χ0n) is 14.1. The zero-order chi connectivity index (χ0) is 16.0. The highest BCUT2D eigenvalue weighted by atomic mass is 19.3. The average molecular weight is 308 g/mol. The molecule has 0 aromatic heterocycles. The predicted molar refractivity (Wildman–Crippen MR) is 89.6 cm³/mol. The monoisotopic (exact) mass is 308 g/mol. The van der Waals surface area contributed by atoms with E-state index in [1.165, 1.54) is 24.8 Å². The fourth-order valence-electron chi connectivity index (χ4n) is 3.80. The van der Waals surface area contributed by atoms with Crippen LogP contribution >= 0.6 is 0 Å². The molecule has 0 spiro atoms. The van der Waals surface area contributed by atoms with Gasteiger partial charge in [0, 0.05) is 12.3 Å². The first-order valence-corrected chi connectivity index (χ1v) is 9.03. The van der Waals surface area contributed by atoms with E-state index >= 15 is 0 Å². The van der Waals surface area contributed by atoms with Gasteiger partial charge in [0.1, 0.15) is 0 Å². The first-order chi connectivity index (χ1) is 10.6. The fraction of sp³-hybridized carbons (Fsp3) is 0.700. The Balaban J connectivity index is 1.99. The van der Waals surface area contributed by atoms with Crippen LogP contribution in [-0.4, -0.2) is 5.92 Å². The van der Waals surface area contributed by atoms with E-state index < -0.39 is 11.8 Å². The number of halogens is 2. The summed E-state index contributed by atoms with van der Waals surface area (Å²) >= 11 is 0. The van der Waals surface area contributed by atoms with Gasteiger partial charge in [-0.3, -0.25) is 0 Å². The first kappa shape index (κ1) is 17.4. The molecular weight excluding hydrogens is 278 g/mol. The SMILES string of the molecule is CCCCCc1ccc([C@H]2CC[C@H](CCC)CC2(F)F)cc1. The molecule has 0 heterocycles. The van der Waals surface area contributed by atoms with Crippen molar-refractivity contribution >= 4 is 0 Å². The third kappa shape index (κ3) is 4.54. The van der Waals surface area contributed by atoms with E-state index in [1.807, 2.05) is 12.1 Å². The van der Waals surface area contributed by atoms with Gasteiger partial charge in [-0.2, -0.15) is 0 Å². The van der Waals surface area contributed by atoms with Crippen LogP contribution in [0.25, 0.3) is 0 Å². The molecule has 0 saturated heterocycles. The second kappa shape index (κ2) is 8.08. The molecule has 22 heavy (non-hydrogen) atoms. The molecule has 0 unspecified atom stereocenters. The molecule has 2 rings (SSSR count). The minimum atomic E-state index is -2.54. The van der Waals surface area contributed by atoms with E-state index in [-0.39, 0.29) is 12.3 Å². The second-order valence-corrected chi connectivity index (χ2v) is 6.95. The Kier molecular flexibility index (Phi) is 6.40. The maximum absolute atomic E-state index is 14.5. The molecule has 0 radical (unpaired) electrons. The van der Waals surface area contributed by atoms with E-state index in [4.69, 9.17) is 0 Å². The van der Waals surface area contributed by atoms with Crippen molar-refractivity contribution in [2.45, 2.75) is 83.5 Å². The molecule has 1 aliphatic carbocycles. The fourth-order valence-corrected chi connectivity index (χ4v) is 3.80. The van der Waals surface area contributed by atoms with Gasteiger partial charge in [0.25, 0.3) is 5.92 Å². The van der Waals surface area contributed by atoms with Crippen LogP contribution in [0, 0.1) is 5.92 Å². The Hall–Kier alpha value is -0.920. The quantitative estimate of drug-likeness (QED) is 0.489. The molecule has 1 saturated carbocycles. The maximum atomic E-state index is 14.5. The van der Waals surface area contributed by atoms with Gasteiger partial charge in [0.2, 0.25) is 0 Å². The van der Waals surface area contributed by atoms with Crippen LogP contribution in [0.1, 0.15) is 82.3 Å².